The number of rotatable bonds is 10. The molecule has 1 aromatic carbocycles. The molecule has 1 aromatic rings. The zero-order chi connectivity index (χ0) is 15.7. The highest BCUT2D eigenvalue weighted by Gasteiger charge is 2.15. The van der Waals surface area contributed by atoms with Gasteiger partial charge in [0.15, 0.2) is 0 Å². The molecule has 3 heteroatoms. The molecular weight excluding hydrogens is 262 g/mol. The number of aryl methyl sites for hydroxylation is 1. The summed E-state index contributed by atoms with van der Waals surface area (Å²) >= 11 is 0. The third-order valence-electron chi connectivity index (χ3n) is 3.87. The number of hydrogen-bond acceptors (Lipinski definition) is 3. The van der Waals surface area contributed by atoms with E-state index in [0.29, 0.717) is 12.6 Å². The second-order valence-electron chi connectivity index (χ2n) is 6.20. The van der Waals surface area contributed by atoms with Gasteiger partial charge in [0.05, 0.1) is 12.2 Å². The predicted octanol–water partition coefficient (Wildman–Crippen LogP) is 3.81. The van der Waals surface area contributed by atoms with Crippen molar-refractivity contribution < 1.29 is 9.47 Å². The summed E-state index contributed by atoms with van der Waals surface area (Å²) in [6.45, 7) is 10.2. The monoisotopic (exact) mass is 293 g/mol. The molecule has 0 saturated heterocycles. The number of nitrogens with one attached hydrogen (secondary N) is 1. The van der Waals surface area contributed by atoms with Crippen LogP contribution in [0.15, 0.2) is 24.3 Å². The molecule has 0 fully saturated rings. The average molecular weight is 293 g/mol. The first kappa shape index (κ1) is 18.0. The number of methoxy groups -OCH3 is 1. The van der Waals surface area contributed by atoms with Crippen LogP contribution in [0.4, 0.5) is 0 Å². The van der Waals surface area contributed by atoms with Crippen molar-refractivity contribution in [2.45, 2.75) is 58.6 Å². The first-order chi connectivity index (χ1) is 9.96. The van der Waals surface area contributed by atoms with Crippen LogP contribution in [0.5, 0.6) is 5.75 Å². The Morgan fingerprint density at radius 2 is 1.86 bits per heavy atom. The van der Waals surface area contributed by atoms with E-state index in [4.69, 9.17) is 9.47 Å². The van der Waals surface area contributed by atoms with Gasteiger partial charge in [0.1, 0.15) is 5.75 Å². The maximum Gasteiger partial charge on any atom is 0.119 e. The van der Waals surface area contributed by atoms with Crippen molar-refractivity contribution in [3.8, 4) is 5.75 Å². The smallest absolute Gasteiger partial charge is 0.119 e. The van der Waals surface area contributed by atoms with Gasteiger partial charge in [0.25, 0.3) is 0 Å². The molecule has 0 heterocycles. The lowest BCUT2D eigenvalue weighted by Gasteiger charge is -2.22. The number of ether oxygens (including phenoxy) is 2. The molecule has 1 rings (SSSR count). The normalized spacial score (nSPS) is 13.2. The first-order valence-corrected chi connectivity index (χ1v) is 7.97. The minimum absolute atomic E-state index is 0.123. The Kier molecular flexibility index (Phi) is 7.76. The summed E-state index contributed by atoms with van der Waals surface area (Å²) in [5.74, 6) is 0.936. The molecule has 1 N–H and O–H groups in total. The third-order valence-corrected chi connectivity index (χ3v) is 3.87. The minimum atomic E-state index is -0.123. The van der Waals surface area contributed by atoms with Crippen molar-refractivity contribution >= 4 is 0 Å². The summed E-state index contributed by atoms with van der Waals surface area (Å²) < 4.78 is 11.2. The van der Waals surface area contributed by atoms with Crippen LogP contribution in [-0.4, -0.2) is 31.9 Å². The standard InChI is InChI=1S/C18H31NO2/c1-6-19-15(2)7-8-16-9-11-17(12-10-16)21-14-13-18(3,4)20-5/h9-12,15,19H,6-8,13-14H2,1-5H3. The highest BCUT2D eigenvalue weighted by molar-refractivity contribution is 5.27. The van der Waals surface area contributed by atoms with E-state index in [9.17, 15) is 0 Å². The van der Waals surface area contributed by atoms with Gasteiger partial charge in [-0.3, -0.25) is 0 Å². The van der Waals surface area contributed by atoms with Gasteiger partial charge in [-0.1, -0.05) is 19.1 Å². The third kappa shape index (κ3) is 7.49. The zero-order valence-corrected chi connectivity index (χ0v) is 14.2. The van der Waals surface area contributed by atoms with Crippen LogP contribution in [0, 0.1) is 0 Å². The first-order valence-electron chi connectivity index (χ1n) is 7.97. The van der Waals surface area contributed by atoms with Gasteiger partial charge in [-0.05, 0) is 57.9 Å². The molecule has 3 nitrogen and oxygen atoms in total. The van der Waals surface area contributed by atoms with E-state index in [1.54, 1.807) is 7.11 Å². The van der Waals surface area contributed by atoms with Gasteiger partial charge in [-0.2, -0.15) is 0 Å². The average Bonchev–Trinajstić information content (AvgIpc) is 2.47. The maximum absolute atomic E-state index is 5.77. The Bertz CT molecular complexity index is 387. The Hall–Kier alpha value is -1.06. The quantitative estimate of drug-likeness (QED) is 0.711. The number of hydrogen-bond donors (Lipinski definition) is 1. The Balaban J connectivity index is 2.33. The molecule has 0 bridgehead atoms. The molecule has 0 aromatic heterocycles. The molecular formula is C18H31NO2. The van der Waals surface area contributed by atoms with Crippen LogP contribution in [0.3, 0.4) is 0 Å². The second kappa shape index (κ2) is 9.06. The lowest BCUT2D eigenvalue weighted by molar-refractivity contribution is 0.00545. The SMILES string of the molecule is CCNC(C)CCc1ccc(OCCC(C)(C)OC)cc1. The van der Waals surface area contributed by atoms with Crippen molar-refractivity contribution in [2.75, 3.05) is 20.3 Å². The van der Waals surface area contributed by atoms with Crippen molar-refractivity contribution in [3.63, 3.8) is 0 Å². The zero-order valence-electron chi connectivity index (χ0n) is 14.2. The van der Waals surface area contributed by atoms with E-state index in [1.165, 1.54) is 5.56 Å². The summed E-state index contributed by atoms with van der Waals surface area (Å²) in [4.78, 5) is 0. The molecule has 0 aliphatic carbocycles. The van der Waals surface area contributed by atoms with Crippen molar-refractivity contribution in [1.29, 1.82) is 0 Å². The number of benzene rings is 1. The van der Waals surface area contributed by atoms with E-state index in [0.717, 1.165) is 31.6 Å². The highest BCUT2D eigenvalue weighted by atomic mass is 16.5. The molecule has 1 atom stereocenters. The van der Waals surface area contributed by atoms with Gasteiger partial charge in [-0.15, -0.1) is 0 Å². The van der Waals surface area contributed by atoms with Gasteiger partial charge < -0.3 is 14.8 Å². The summed E-state index contributed by atoms with van der Waals surface area (Å²) in [5, 5.41) is 3.44. The fourth-order valence-corrected chi connectivity index (χ4v) is 2.10. The van der Waals surface area contributed by atoms with Gasteiger partial charge >= 0.3 is 0 Å². The van der Waals surface area contributed by atoms with E-state index >= 15 is 0 Å². The molecule has 0 amide bonds. The van der Waals surface area contributed by atoms with E-state index in [1.807, 2.05) is 0 Å². The van der Waals surface area contributed by atoms with E-state index < -0.39 is 0 Å². The minimum Gasteiger partial charge on any atom is -0.493 e. The molecule has 0 saturated carbocycles. The summed E-state index contributed by atoms with van der Waals surface area (Å²) in [6, 6.07) is 9.02. The van der Waals surface area contributed by atoms with Crippen molar-refractivity contribution in [3.05, 3.63) is 29.8 Å². The molecule has 120 valence electrons. The Morgan fingerprint density at radius 3 is 2.43 bits per heavy atom. The Labute approximate surface area is 130 Å². The van der Waals surface area contributed by atoms with Crippen LogP contribution < -0.4 is 10.1 Å². The van der Waals surface area contributed by atoms with Crippen LogP contribution >= 0.6 is 0 Å². The molecule has 21 heavy (non-hydrogen) atoms. The van der Waals surface area contributed by atoms with Gasteiger partial charge in [0, 0.05) is 19.6 Å². The second-order valence-corrected chi connectivity index (χ2v) is 6.20. The van der Waals surface area contributed by atoms with Crippen LogP contribution in [0.2, 0.25) is 0 Å². The van der Waals surface area contributed by atoms with E-state index in [2.05, 4.69) is 57.3 Å². The topological polar surface area (TPSA) is 30.5 Å². The maximum atomic E-state index is 5.77. The highest BCUT2D eigenvalue weighted by Crippen LogP contribution is 2.17. The van der Waals surface area contributed by atoms with Gasteiger partial charge in [-0.25, -0.2) is 0 Å². The van der Waals surface area contributed by atoms with E-state index in [-0.39, 0.29) is 5.60 Å². The lowest BCUT2D eigenvalue weighted by atomic mass is 10.1. The van der Waals surface area contributed by atoms with Crippen LogP contribution in [-0.2, 0) is 11.2 Å². The molecule has 1 unspecified atom stereocenters. The molecule has 0 spiro atoms. The van der Waals surface area contributed by atoms with Crippen molar-refractivity contribution in [2.24, 2.45) is 0 Å². The summed E-state index contributed by atoms with van der Waals surface area (Å²) in [6.07, 6.45) is 3.15. The fourth-order valence-electron chi connectivity index (χ4n) is 2.10. The Morgan fingerprint density at radius 1 is 1.19 bits per heavy atom. The largest absolute Gasteiger partial charge is 0.493 e. The van der Waals surface area contributed by atoms with Crippen LogP contribution in [0.1, 0.15) is 46.1 Å². The molecule has 0 radical (unpaired) electrons. The molecule has 0 aliphatic rings. The molecule has 0 aliphatic heterocycles. The summed E-state index contributed by atoms with van der Waals surface area (Å²) in [7, 11) is 1.74. The van der Waals surface area contributed by atoms with Gasteiger partial charge in [0.2, 0.25) is 0 Å². The fraction of sp³-hybridized carbons (Fsp3) is 0.667. The van der Waals surface area contributed by atoms with Crippen molar-refractivity contribution in [1.82, 2.24) is 5.32 Å². The summed E-state index contributed by atoms with van der Waals surface area (Å²) in [5.41, 5.74) is 1.24. The predicted molar refractivity (Wildman–Crippen MR) is 89.1 cm³/mol. The lowest BCUT2D eigenvalue weighted by Crippen LogP contribution is -2.25. The van der Waals surface area contributed by atoms with Crippen LogP contribution in [0.25, 0.3) is 0 Å².